The number of amides is 1. The Balaban J connectivity index is 1.97. The number of carboxylic acids is 1. The molecule has 0 saturated heterocycles. The largest absolute Gasteiger partial charge is 0.481 e. The standard InChI is InChI=1S/C27H27ClINO4/c1-2-27(17-24(31)32)26(33)30(15-6-5-14-29)23-13-12-19(28)16-22(23)25(34-27)21-11-7-9-18-8-3-4-10-20(18)21/h3-4,7-13,16,25H,2,5-6,14-15,17H2,1H3,(H,31,32). The molecule has 178 valence electrons. The third kappa shape index (κ3) is 4.81. The molecule has 0 saturated carbocycles. The van der Waals surface area contributed by atoms with Crippen LogP contribution in [-0.2, 0) is 14.3 Å². The normalized spacial score (nSPS) is 20.3. The number of aliphatic carboxylic acids is 1. The van der Waals surface area contributed by atoms with Gasteiger partial charge < -0.3 is 14.7 Å². The Kier molecular flexibility index (Phi) is 7.80. The zero-order valence-corrected chi connectivity index (χ0v) is 21.9. The van der Waals surface area contributed by atoms with E-state index in [-0.39, 0.29) is 12.3 Å². The first-order valence-electron chi connectivity index (χ1n) is 11.4. The molecule has 1 amide bonds. The number of hydrogen-bond donors (Lipinski definition) is 1. The monoisotopic (exact) mass is 591 g/mol. The first kappa shape index (κ1) is 24.9. The molecule has 3 aromatic carbocycles. The van der Waals surface area contributed by atoms with E-state index in [1.54, 1.807) is 11.0 Å². The molecule has 0 bridgehead atoms. The molecule has 0 fully saturated rings. The van der Waals surface area contributed by atoms with Gasteiger partial charge in [-0.2, -0.15) is 0 Å². The minimum atomic E-state index is -1.50. The third-order valence-corrected chi connectivity index (χ3v) is 7.42. The number of benzene rings is 3. The van der Waals surface area contributed by atoms with Crippen LogP contribution in [0.4, 0.5) is 5.69 Å². The summed E-state index contributed by atoms with van der Waals surface area (Å²) < 4.78 is 7.63. The number of unbranched alkanes of at least 4 members (excludes halogenated alkanes) is 1. The molecule has 0 aromatic heterocycles. The summed E-state index contributed by atoms with van der Waals surface area (Å²) in [6, 6.07) is 19.4. The van der Waals surface area contributed by atoms with E-state index < -0.39 is 24.1 Å². The molecule has 0 spiro atoms. The van der Waals surface area contributed by atoms with Gasteiger partial charge >= 0.3 is 5.97 Å². The average Bonchev–Trinajstić information content (AvgIpc) is 2.92. The van der Waals surface area contributed by atoms with Gasteiger partial charge in [-0.15, -0.1) is 0 Å². The Morgan fingerprint density at radius 3 is 2.62 bits per heavy atom. The first-order valence-corrected chi connectivity index (χ1v) is 13.3. The van der Waals surface area contributed by atoms with E-state index in [0.717, 1.165) is 44.9 Å². The van der Waals surface area contributed by atoms with Crippen molar-refractivity contribution in [2.45, 2.75) is 44.3 Å². The fourth-order valence-electron chi connectivity index (χ4n) is 4.69. The number of rotatable bonds is 8. The maximum atomic E-state index is 14.0. The predicted molar refractivity (Wildman–Crippen MR) is 144 cm³/mol. The highest BCUT2D eigenvalue weighted by molar-refractivity contribution is 14.1. The number of ether oxygens (including phenoxy) is 1. The van der Waals surface area contributed by atoms with Crippen LogP contribution in [-0.4, -0.2) is 33.6 Å². The van der Waals surface area contributed by atoms with Crippen LogP contribution < -0.4 is 4.90 Å². The minimum absolute atomic E-state index is 0.240. The summed E-state index contributed by atoms with van der Waals surface area (Å²) in [7, 11) is 0. The fourth-order valence-corrected chi connectivity index (χ4v) is 5.41. The first-order chi connectivity index (χ1) is 16.4. The number of carbonyl (C=O) groups excluding carboxylic acids is 1. The van der Waals surface area contributed by atoms with Gasteiger partial charge in [0.15, 0.2) is 5.60 Å². The summed E-state index contributed by atoms with van der Waals surface area (Å²) in [5.41, 5.74) is 0.879. The van der Waals surface area contributed by atoms with E-state index in [1.165, 1.54) is 0 Å². The molecule has 0 radical (unpaired) electrons. The summed E-state index contributed by atoms with van der Waals surface area (Å²) in [6.45, 7) is 2.30. The van der Waals surface area contributed by atoms with Crippen LogP contribution in [0.3, 0.4) is 0 Å². The van der Waals surface area contributed by atoms with E-state index in [2.05, 4.69) is 22.6 Å². The van der Waals surface area contributed by atoms with Gasteiger partial charge in [-0.3, -0.25) is 9.59 Å². The predicted octanol–water partition coefficient (Wildman–Crippen LogP) is 6.78. The minimum Gasteiger partial charge on any atom is -0.481 e. The van der Waals surface area contributed by atoms with Crippen molar-refractivity contribution in [1.82, 2.24) is 0 Å². The highest BCUT2D eigenvalue weighted by Crippen LogP contribution is 2.45. The van der Waals surface area contributed by atoms with Crippen LogP contribution in [0, 0.1) is 0 Å². The Morgan fingerprint density at radius 2 is 1.88 bits per heavy atom. The Hall–Kier alpha value is -2.16. The highest BCUT2D eigenvalue weighted by Gasteiger charge is 2.48. The lowest BCUT2D eigenvalue weighted by molar-refractivity contribution is -0.162. The van der Waals surface area contributed by atoms with E-state index >= 15 is 0 Å². The van der Waals surface area contributed by atoms with Crippen molar-refractivity contribution in [1.29, 1.82) is 0 Å². The van der Waals surface area contributed by atoms with Crippen LogP contribution in [0.2, 0.25) is 5.02 Å². The number of nitrogens with zero attached hydrogens (tertiary/aromatic N) is 1. The number of halogens is 2. The van der Waals surface area contributed by atoms with Gasteiger partial charge in [0.25, 0.3) is 5.91 Å². The van der Waals surface area contributed by atoms with Crippen molar-refractivity contribution < 1.29 is 19.4 Å². The van der Waals surface area contributed by atoms with Crippen LogP contribution in [0.1, 0.15) is 49.8 Å². The van der Waals surface area contributed by atoms with Gasteiger partial charge in [0, 0.05) is 22.8 Å². The molecule has 7 heteroatoms. The van der Waals surface area contributed by atoms with Crippen LogP contribution in [0.5, 0.6) is 0 Å². The average molecular weight is 592 g/mol. The summed E-state index contributed by atoms with van der Waals surface area (Å²) in [6.07, 6.45) is 0.942. The van der Waals surface area contributed by atoms with Crippen molar-refractivity contribution in [2.75, 3.05) is 15.9 Å². The maximum Gasteiger partial charge on any atom is 0.306 e. The van der Waals surface area contributed by atoms with Crippen molar-refractivity contribution in [2.24, 2.45) is 0 Å². The topological polar surface area (TPSA) is 66.8 Å². The van der Waals surface area contributed by atoms with Gasteiger partial charge in [0.1, 0.15) is 6.10 Å². The third-order valence-electron chi connectivity index (χ3n) is 6.42. The van der Waals surface area contributed by atoms with E-state index in [1.807, 2.05) is 61.5 Å². The van der Waals surface area contributed by atoms with E-state index in [9.17, 15) is 14.7 Å². The summed E-state index contributed by atoms with van der Waals surface area (Å²) in [4.78, 5) is 27.7. The number of anilines is 1. The fraction of sp³-hybridized carbons (Fsp3) is 0.333. The molecule has 1 heterocycles. The van der Waals surface area contributed by atoms with Gasteiger partial charge in [0.05, 0.1) is 6.42 Å². The molecule has 34 heavy (non-hydrogen) atoms. The zero-order chi connectivity index (χ0) is 24.3. The number of carboxylic acid groups (broad SMARTS) is 1. The molecule has 2 atom stereocenters. The van der Waals surface area contributed by atoms with E-state index in [4.69, 9.17) is 16.3 Å². The molecule has 5 nitrogen and oxygen atoms in total. The zero-order valence-electron chi connectivity index (χ0n) is 19.0. The van der Waals surface area contributed by atoms with Crippen molar-refractivity contribution in [3.63, 3.8) is 0 Å². The lowest BCUT2D eigenvalue weighted by Gasteiger charge is -2.34. The Morgan fingerprint density at radius 1 is 1.12 bits per heavy atom. The van der Waals surface area contributed by atoms with Crippen LogP contribution in [0.15, 0.2) is 60.7 Å². The number of hydrogen-bond acceptors (Lipinski definition) is 3. The molecule has 1 aliphatic heterocycles. The summed E-state index contributed by atoms with van der Waals surface area (Å²) in [5.74, 6) is -1.37. The molecule has 1 aliphatic rings. The van der Waals surface area contributed by atoms with Crippen LogP contribution >= 0.6 is 34.2 Å². The molecule has 1 N–H and O–H groups in total. The lowest BCUT2D eigenvalue weighted by Crippen LogP contribution is -2.51. The number of alkyl halides is 1. The van der Waals surface area contributed by atoms with Gasteiger partial charge in [0.2, 0.25) is 0 Å². The second kappa shape index (κ2) is 10.6. The SMILES string of the molecule is CCC1(CC(=O)O)OC(c2cccc3ccccc23)c2cc(Cl)ccc2N(CCCCI)C1=O. The quantitative estimate of drug-likeness (QED) is 0.178. The van der Waals surface area contributed by atoms with Gasteiger partial charge in [-0.1, -0.05) is 83.6 Å². The summed E-state index contributed by atoms with van der Waals surface area (Å²) >= 11 is 8.77. The smallest absolute Gasteiger partial charge is 0.306 e. The second-order valence-corrected chi connectivity index (χ2v) is 10.1. The molecular formula is C27H27ClINO4. The van der Waals surface area contributed by atoms with Crippen molar-refractivity contribution in [3.8, 4) is 0 Å². The molecule has 4 rings (SSSR count). The van der Waals surface area contributed by atoms with Crippen molar-refractivity contribution >= 4 is 62.5 Å². The Labute approximate surface area is 218 Å². The molecule has 2 unspecified atom stereocenters. The molecule has 3 aromatic rings. The second-order valence-electron chi connectivity index (χ2n) is 8.54. The molecular weight excluding hydrogens is 565 g/mol. The highest BCUT2D eigenvalue weighted by atomic mass is 127. The Bertz CT molecular complexity index is 1210. The lowest BCUT2D eigenvalue weighted by atomic mass is 9.92. The van der Waals surface area contributed by atoms with E-state index in [0.29, 0.717) is 11.6 Å². The molecule has 0 aliphatic carbocycles. The number of fused-ring (bicyclic) bond motifs is 2. The number of carbonyl (C=O) groups is 2. The van der Waals surface area contributed by atoms with Gasteiger partial charge in [-0.25, -0.2) is 0 Å². The van der Waals surface area contributed by atoms with Crippen LogP contribution in [0.25, 0.3) is 10.8 Å². The summed E-state index contributed by atoms with van der Waals surface area (Å²) in [5, 5.41) is 12.4. The van der Waals surface area contributed by atoms with Gasteiger partial charge in [-0.05, 0) is 58.2 Å². The maximum absolute atomic E-state index is 14.0. The van der Waals surface area contributed by atoms with Crippen molar-refractivity contribution in [3.05, 3.63) is 76.8 Å².